The first-order valence-corrected chi connectivity index (χ1v) is 11.8. The van der Waals surface area contributed by atoms with Crippen LogP contribution in [0.3, 0.4) is 0 Å². The maximum Gasteiger partial charge on any atom is 0.227 e. The molecule has 1 aliphatic carbocycles. The molecule has 0 unspecified atom stereocenters. The van der Waals surface area contributed by atoms with E-state index in [1.807, 2.05) is 65.5 Å². The van der Waals surface area contributed by atoms with Crippen molar-refractivity contribution < 1.29 is 9.21 Å². The third-order valence-corrected chi connectivity index (χ3v) is 6.96. The molecule has 8 heteroatoms. The highest BCUT2D eigenvalue weighted by Gasteiger charge is 2.40. The van der Waals surface area contributed by atoms with Gasteiger partial charge in [-0.25, -0.2) is 4.68 Å². The minimum Gasteiger partial charge on any atom is -0.469 e. The number of thioether (sulfide) groups is 1. The monoisotopic (exact) mass is 455 g/mol. The van der Waals surface area contributed by atoms with Gasteiger partial charge in [-0.3, -0.25) is 9.78 Å². The van der Waals surface area contributed by atoms with E-state index in [1.165, 1.54) is 0 Å². The normalized spacial score (nSPS) is 19.7. The summed E-state index contributed by atoms with van der Waals surface area (Å²) in [5.41, 5.74) is 3.80. The smallest absolute Gasteiger partial charge is 0.227 e. The lowest BCUT2D eigenvalue weighted by atomic mass is 9.79. The predicted molar refractivity (Wildman–Crippen MR) is 125 cm³/mol. The highest BCUT2D eigenvalue weighted by Crippen LogP contribution is 2.44. The van der Waals surface area contributed by atoms with Crippen LogP contribution >= 0.6 is 11.8 Å². The number of furan rings is 1. The maximum atomic E-state index is 13.4. The molecule has 2 atom stereocenters. The largest absolute Gasteiger partial charge is 0.469 e. The number of anilines is 1. The Kier molecular flexibility index (Phi) is 5.07. The van der Waals surface area contributed by atoms with Crippen LogP contribution < -0.4 is 5.32 Å². The first kappa shape index (κ1) is 20.0. The summed E-state index contributed by atoms with van der Waals surface area (Å²) in [5, 5.41) is 8.88. The van der Waals surface area contributed by atoms with Crippen molar-refractivity contribution >= 4 is 23.5 Å². The summed E-state index contributed by atoms with van der Waals surface area (Å²) in [7, 11) is 0. The zero-order valence-corrected chi connectivity index (χ0v) is 18.5. The lowest BCUT2D eigenvalue weighted by Gasteiger charge is -2.34. The van der Waals surface area contributed by atoms with E-state index >= 15 is 0 Å². The fourth-order valence-corrected chi connectivity index (χ4v) is 5.32. The van der Waals surface area contributed by atoms with Gasteiger partial charge in [-0.2, -0.15) is 4.98 Å². The quantitative estimate of drug-likeness (QED) is 0.425. The number of nitrogens with zero attached hydrogens (tertiary/aromatic N) is 4. The second-order valence-corrected chi connectivity index (χ2v) is 9.13. The van der Waals surface area contributed by atoms with Gasteiger partial charge < -0.3 is 9.73 Å². The Morgan fingerprint density at radius 3 is 2.79 bits per heavy atom. The molecule has 4 aromatic rings. The summed E-state index contributed by atoms with van der Waals surface area (Å²) in [5.74, 6) is 2.35. The van der Waals surface area contributed by atoms with E-state index in [4.69, 9.17) is 14.5 Å². The van der Waals surface area contributed by atoms with Crippen molar-refractivity contribution in [3.8, 4) is 0 Å². The van der Waals surface area contributed by atoms with E-state index in [0.29, 0.717) is 23.9 Å². The Hall–Kier alpha value is -3.65. The van der Waals surface area contributed by atoms with Gasteiger partial charge in [-0.1, -0.05) is 48.2 Å². The number of pyridine rings is 1. The van der Waals surface area contributed by atoms with E-state index in [9.17, 15) is 4.79 Å². The number of ketones is 1. The number of fused-ring (bicyclic) bond motifs is 1. The van der Waals surface area contributed by atoms with Gasteiger partial charge in [0.1, 0.15) is 11.8 Å². The first-order chi connectivity index (χ1) is 16.3. The number of nitrogens with one attached hydrogen (secondary N) is 1. The Morgan fingerprint density at radius 2 is 2.00 bits per heavy atom. The molecular weight excluding hydrogens is 434 g/mol. The molecule has 33 heavy (non-hydrogen) atoms. The van der Waals surface area contributed by atoms with E-state index in [2.05, 4.69) is 10.3 Å². The molecule has 0 amide bonds. The van der Waals surface area contributed by atoms with Gasteiger partial charge in [0.05, 0.1) is 6.26 Å². The van der Waals surface area contributed by atoms with Crippen molar-refractivity contribution in [2.24, 2.45) is 0 Å². The average molecular weight is 456 g/mol. The van der Waals surface area contributed by atoms with Crippen LogP contribution in [0.4, 0.5) is 5.95 Å². The van der Waals surface area contributed by atoms with Gasteiger partial charge >= 0.3 is 0 Å². The zero-order valence-electron chi connectivity index (χ0n) is 17.7. The molecule has 1 N–H and O–H groups in total. The first-order valence-electron chi connectivity index (χ1n) is 10.9. The van der Waals surface area contributed by atoms with Gasteiger partial charge in [-0.15, -0.1) is 5.10 Å². The number of hydrogen-bond acceptors (Lipinski definition) is 7. The highest BCUT2D eigenvalue weighted by atomic mass is 32.2. The lowest BCUT2D eigenvalue weighted by Crippen LogP contribution is -2.33. The molecule has 6 rings (SSSR count). The molecule has 2 aliphatic rings. The molecule has 1 aliphatic heterocycles. The molecule has 0 radical (unpaired) electrons. The van der Waals surface area contributed by atoms with Gasteiger partial charge in [-0.05, 0) is 35.7 Å². The Labute approximate surface area is 194 Å². The Bertz CT molecular complexity index is 1320. The second-order valence-electron chi connectivity index (χ2n) is 8.19. The Morgan fingerprint density at radius 1 is 1.09 bits per heavy atom. The average Bonchev–Trinajstić information content (AvgIpc) is 3.52. The van der Waals surface area contributed by atoms with E-state index in [-0.39, 0.29) is 17.7 Å². The minimum atomic E-state index is -0.303. The zero-order chi connectivity index (χ0) is 22.2. The standard InChI is InChI=1S/C25H21N5O2S/c31-20-13-18(21-9-5-11-32-21)12-19-22(20)23(17-7-2-1-3-8-17)30-24(27-19)28-25(29-30)33-15-16-6-4-10-26-14-16/h1-11,14,18,23H,12-13,15H2,(H,27,28,29)/t18-,23+/m0/s1. The molecule has 3 aromatic heterocycles. The maximum absolute atomic E-state index is 13.4. The van der Waals surface area contributed by atoms with Crippen LogP contribution in [-0.4, -0.2) is 25.5 Å². The van der Waals surface area contributed by atoms with Crippen molar-refractivity contribution in [3.63, 3.8) is 0 Å². The van der Waals surface area contributed by atoms with Crippen molar-refractivity contribution in [2.75, 3.05) is 5.32 Å². The van der Waals surface area contributed by atoms with Gasteiger partial charge in [0.25, 0.3) is 0 Å². The third kappa shape index (κ3) is 3.76. The molecule has 0 saturated heterocycles. The van der Waals surface area contributed by atoms with Crippen molar-refractivity contribution in [3.05, 3.63) is 101 Å². The van der Waals surface area contributed by atoms with Gasteiger partial charge in [0.2, 0.25) is 11.1 Å². The summed E-state index contributed by atoms with van der Waals surface area (Å²) in [6.07, 6.45) is 6.39. The Balaban J connectivity index is 1.37. The van der Waals surface area contributed by atoms with Gasteiger partial charge in [0, 0.05) is 41.8 Å². The van der Waals surface area contributed by atoms with Crippen LogP contribution in [0.25, 0.3) is 0 Å². The van der Waals surface area contributed by atoms with E-state index < -0.39 is 0 Å². The van der Waals surface area contributed by atoms with Crippen LogP contribution in [0.5, 0.6) is 0 Å². The van der Waals surface area contributed by atoms with Crippen LogP contribution in [0.15, 0.2) is 94.1 Å². The molecule has 7 nitrogen and oxygen atoms in total. The van der Waals surface area contributed by atoms with Crippen molar-refractivity contribution in [1.29, 1.82) is 0 Å². The molecule has 164 valence electrons. The van der Waals surface area contributed by atoms with Crippen LogP contribution in [0, 0.1) is 0 Å². The summed E-state index contributed by atoms with van der Waals surface area (Å²) in [6, 6.07) is 17.5. The number of Topliss-reactive ketones (excluding diaryl/α,β-unsaturated/α-hetero) is 1. The number of hydrogen-bond donors (Lipinski definition) is 1. The summed E-state index contributed by atoms with van der Waals surface area (Å²) >= 11 is 1.56. The SMILES string of the molecule is O=C1C[C@@H](c2ccco2)CC2=C1[C@@H](c1ccccc1)n1nc(SCc3cccnc3)nc1N2. The minimum absolute atomic E-state index is 0.0177. The van der Waals surface area contributed by atoms with Crippen LogP contribution in [0.1, 0.15) is 41.7 Å². The van der Waals surface area contributed by atoms with Crippen molar-refractivity contribution in [2.45, 2.75) is 35.7 Å². The number of benzene rings is 1. The molecule has 0 saturated carbocycles. The molecule has 0 fully saturated rings. The van der Waals surface area contributed by atoms with Gasteiger partial charge in [0.15, 0.2) is 5.78 Å². The van der Waals surface area contributed by atoms with Crippen LogP contribution in [-0.2, 0) is 10.5 Å². The molecule has 4 heterocycles. The summed E-state index contributed by atoms with van der Waals surface area (Å²) in [6.45, 7) is 0. The number of carbonyl (C=O) groups is 1. The molecular formula is C25H21N5O2S. The highest BCUT2D eigenvalue weighted by molar-refractivity contribution is 7.98. The summed E-state index contributed by atoms with van der Waals surface area (Å²) < 4.78 is 7.47. The fourth-order valence-electron chi connectivity index (χ4n) is 4.55. The van der Waals surface area contributed by atoms with Crippen LogP contribution in [0.2, 0.25) is 0 Å². The number of carbonyl (C=O) groups excluding carboxylic acids is 1. The van der Waals surface area contributed by atoms with Crippen molar-refractivity contribution in [1.82, 2.24) is 19.7 Å². The van der Waals surface area contributed by atoms with E-state index in [1.54, 1.807) is 24.2 Å². The van der Waals surface area contributed by atoms with E-state index in [0.717, 1.165) is 33.9 Å². The molecule has 0 bridgehead atoms. The lowest BCUT2D eigenvalue weighted by molar-refractivity contribution is -0.117. The third-order valence-electron chi connectivity index (χ3n) is 6.05. The molecule has 1 aromatic carbocycles. The second kappa shape index (κ2) is 8.37. The summed E-state index contributed by atoms with van der Waals surface area (Å²) in [4.78, 5) is 22.4. The number of allylic oxidation sites excluding steroid dienone is 2. The number of aromatic nitrogens is 4. The molecule has 0 spiro atoms. The predicted octanol–water partition coefficient (Wildman–Crippen LogP) is 4.97. The topological polar surface area (TPSA) is 85.8 Å². The number of rotatable bonds is 5. The fraction of sp³-hybridized carbons (Fsp3) is 0.200.